The lowest BCUT2D eigenvalue weighted by Crippen LogP contribution is -1.86. The molecule has 92 valence electrons. The molecule has 2 heteroatoms. The first kappa shape index (κ1) is 12.9. The van der Waals surface area contributed by atoms with Gasteiger partial charge in [0.15, 0.2) is 0 Å². The average Bonchev–Trinajstić information content (AvgIpc) is 2.41. The fourth-order valence-corrected chi connectivity index (χ4v) is 2.54. The van der Waals surface area contributed by atoms with Gasteiger partial charge in [0.05, 0.1) is 0 Å². The molecule has 0 fully saturated rings. The van der Waals surface area contributed by atoms with Crippen molar-refractivity contribution in [2.75, 3.05) is 0 Å². The van der Waals surface area contributed by atoms with E-state index in [0.29, 0.717) is 0 Å². The highest BCUT2D eigenvalue weighted by atomic mass is 32.2. The third kappa shape index (κ3) is 3.23. The number of aryl methyl sites for hydroxylation is 2. The van der Waals surface area contributed by atoms with Gasteiger partial charge in [-0.1, -0.05) is 30.3 Å². The monoisotopic (exact) mass is 256 g/mol. The van der Waals surface area contributed by atoms with Crippen LogP contribution in [0, 0.1) is 13.8 Å². The smallest absolute Gasteiger partial charge is 0.150 e. The lowest BCUT2D eigenvalue weighted by Gasteiger charge is -2.05. The van der Waals surface area contributed by atoms with Gasteiger partial charge < -0.3 is 0 Å². The molecule has 0 aliphatic heterocycles. The molecule has 2 aromatic rings. The second-order valence-corrected chi connectivity index (χ2v) is 5.44. The van der Waals surface area contributed by atoms with Gasteiger partial charge in [0.25, 0.3) is 0 Å². The fourth-order valence-electron chi connectivity index (χ4n) is 1.70. The van der Waals surface area contributed by atoms with E-state index < -0.39 is 0 Å². The lowest BCUT2D eigenvalue weighted by molar-refractivity contribution is 0.112. The average molecular weight is 256 g/mol. The Balaban J connectivity index is 2.01. The van der Waals surface area contributed by atoms with E-state index >= 15 is 0 Å². The van der Waals surface area contributed by atoms with Crippen molar-refractivity contribution in [3.63, 3.8) is 0 Å². The number of aldehydes is 1. The van der Waals surface area contributed by atoms with Gasteiger partial charge in [-0.15, -0.1) is 11.8 Å². The molecule has 1 nitrogen and oxygen atoms in total. The number of hydrogen-bond acceptors (Lipinski definition) is 2. The van der Waals surface area contributed by atoms with E-state index in [1.165, 1.54) is 21.6 Å². The van der Waals surface area contributed by atoms with Crippen LogP contribution in [0.3, 0.4) is 0 Å². The first-order chi connectivity index (χ1) is 8.69. The quantitative estimate of drug-likeness (QED) is 0.595. The molecule has 0 spiro atoms. The van der Waals surface area contributed by atoms with Gasteiger partial charge >= 0.3 is 0 Å². The highest BCUT2D eigenvalue weighted by Gasteiger charge is 1.99. The van der Waals surface area contributed by atoms with Gasteiger partial charge in [0.2, 0.25) is 0 Å². The summed E-state index contributed by atoms with van der Waals surface area (Å²) in [5, 5.41) is 0. The number of thioether (sulfide) groups is 1. The van der Waals surface area contributed by atoms with Gasteiger partial charge in [-0.05, 0) is 42.7 Å². The molecular weight excluding hydrogens is 240 g/mol. The van der Waals surface area contributed by atoms with Crippen molar-refractivity contribution in [3.05, 3.63) is 64.7 Å². The second kappa shape index (κ2) is 5.87. The maximum Gasteiger partial charge on any atom is 0.150 e. The normalized spacial score (nSPS) is 10.3. The van der Waals surface area contributed by atoms with Crippen LogP contribution in [-0.4, -0.2) is 6.29 Å². The summed E-state index contributed by atoms with van der Waals surface area (Å²) in [7, 11) is 0. The van der Waals surface area contributed by atoms with E-state index in [1.54, 1.807) is 11.8 Å². The third-order valence-corrected chi connectivity index (χ3v) is 4.08. The Morgan fingerprint density at radius 1 is 1.00 bits per heavy atom. The molecule has 0 heterocycles. The van der Waals surface area contributed by atoms with Crippen molar-refractivity contribution >= 4 is 18.0 Å². The Labute approximate surface area is 112 Å². The van der Waals surface area contributed by atoms with Crippen LogP contribution in [-0.2, 0) is 5.75 Å². The lowest BCUT2D eigenvalue weighted by atomic mass is 10.1. The van der Waals surface area contributed by atoms with Gasteiger partial charge in [-0.2, -0.15) is 0 Å². The molecule has 0 atom stereocenters. The third-order valence-electron chi connectivity index (χ3n) is 2.99. The summed E-state index contributed by atoms with van der Waals surface area (Å²) >= 11 is 1.79. The molecule has 2 rings (SSSR count). The summed E-state index contributed by atoms with van der Waals surface area (Å²) in [6.45, 7) is 4.27. The summed E-state index contributed by atoms with van der Waals surface area (Å²) in [5.74, 6) is 0.960. The summed E-state index contributed by atoms with van der Waals surface area (Å²) < 4.78 is 0. The highest BCUT2D eigenvalue weighted by molar-refractivity contribution is 7.98. The van der Waals surface area contributed by atoms with Gasteiger partial charge in [-0.25, -0.2) is 0 Å². The van der Waals surface area contributed by atoms with Gasteiger partial charge in [0.1, 0.15) is 6.29 Å². The molecule has 2 aromatic carbocycles. The zero-order valence-corrected chi connectivity index (χ0v) is 11.5. The molecule has 0 unspecified atom stereocenters. The molecule has 0 radical (unpaired) electrons. The fraction of sp³-hybridized carbons (Fsp3) is 0.188. The topological polar surface area (TPSA) is 17.1 Å². The zero-order valence-electron chi connectivity index (χ0n) is 10.6. The van der Waals surface area contributed by atoms with E-state index in [9.17, 15) is 4.79 Å². The standard InChI is InChI=1S/C16H16OS/c1-12-3-4-15(9-13(12)2)11-18-16-7-5-14(10-17)6-8-16/h3-10H,11H2,1-2H3. The summed E-state index contributed by atoms with van der Waals surface area (Å²) in [6.07, 6.45) is 0.873. The summed E-state index contributed by atoms with van der Waals surface area (Å²) in [4.78, 5) is 11.8. The Bertz CT molecular complexity index is 544. The first-order valence-corrected chi connectivity index (χ1v) is 6.92. The summed E-state index contributed by atoms with van der Waals surface area (Å²) in [5.41, 5.74) is 4.73. The van der Waals surface area contributed by atoms with Crippen LogP contribution < -0.4 is 0 Å². The van der Waals surface area contributed by atoms with Crippen LogP contribution in [0.25, 0.3) is 0 Å². The predicted octanol–water partition coefficient (Wildman–Crippen LogP) is 4.41. The van der Waals surface area contributed by atoms with Crippen LogP contribution in [0.4, 0.5) is 0 Å². The minimum atomic E-state index is 0.727. The SMILES string of the molecule is Cc1ccc(CSc2ccc(C=O)cc2)cc1C. The molecule has 0 aromatic heterocycles. The van der Waals surface area contributed by atoms with Crippen molar-refractivity contribution in [3.8, 4) is 0 Å². The van der Waals surface area contributed by atoms with Gasteiger partial charge in [0, 0.05) is 16.2 Å². The van der Waals surface area contributed by atoms with E-state index in [-0.39, 0.29) is 0 Å². The van der Waals surface area contributed by atoms with Crippen LogP contribution in [0.5, 0.6) is 0 Å². The first-order valence-electron chi connectivity index (χ1n) is 5.93. The number of benzene rings is 2. The van der Waals surface area contributed by atoms with Crippen LogP contribution in [0.2, 0.25) is 0 Å². The van der Waals surface area contributed by atoms with Crippen molar-refractivity contribution in [1.82, 2.24) is 0 Å². The molecule has 0 saturated carbocycles. The Hall–Kier alpha value is -1.54. The number of hydrogen-bond donors (Lipinski definition) is 0. The number of carbonyl (C=O) groups excluding carboxylic acids is 1. The van der Waals surface area contributed by atoms with Crippen molar-refractivity contribution in [2.24, 2.45) is 0 Å². The van der Waals surface area contributed by atoms with Gasteiger partial charge in [-0.3, -0.25) is 4.79 Å². The Kier molecular flexibility index (Phi) is 4.21. The van der Waals surface area contributed by atoms with E-state index in [0.717, 1.165) is 17.6 Å². The van der Waals surface area contributed by atoms with E-state index in [2.05, 4.69) is 32.0 Å². The van der Waals surface area contributed by atoms with Crippen molar-refractivity contribution in [2.45, 2.75) is 24.5 Å². The van der Waals surface area contributed by atoms with Crippen molar-refractivity contribution in [1.29, 1.82) is 0 Å². The maximum absolute atomic E-state index is 10.6. The molecule has 0 bridgehead atoms. The zero-order chi connectivity index (χ0) is 13.0. The minimum Gasteiger partial charge on any atom is -0.298 e. The molecule has 0 aliphatic carbocycles. The molecular formula is C16H16OS. The number of rotatable bonds is 4. The molecule has 0 aliphatic rings. The molecule has 18 heavy (non-hydrogen) atoms. The Morgan fingerprint density at radius 3 is 2.33 bits per heavy atom. The minimum absolute atomic E-state index is 0.727. The molecule has 0 N–H and O–H groups in total. The number of carbonyl (C=O) groups is 1. The van der Waals surface area contributed by atoms with E-state index in [1.807, 2.05) is 24.3 Å². The Morgan fingerprint density at radius 2 is 1.72 bits per heavy atom. The molecule has 0 saturated heterocycles. The van der Waals surface area contributed by atoms with E-state index in [4.69, 9.17) is 0 Å². The largest absolute Gasteiger partial charge is 0.298 e. The van der Waals surface area contributed by atoms with Crippen LogP contribution in [0.15, 0.2) is 47.4 Å². The second-order valence-electron chi connectivity index (χ2n) is 4.39. The van der Waals surface area contributed by atoms with Crippen LogP contribution in [0.1, 0.15) is 27.0 Å². The van der Waals surface area contributed by atoms with Crippen LogP contribution >= 0.6 is 11.8 Å². The predicted molar refractivity (Wildman–Crippen MR) is 77.3 cm³/mol. The summed E-state index contributed by atoms with van der Waals surface area (Å²) in [6, 6.07) is 14.3. The molecule has 0 amide bonds. The van der Waals surface area contributed by atoms with Crippen molar-refractivity contribution < 1.29 is 4.79 Å². The highest BCUT2D eigenvalue weighted by Crippen LogP contribution is 2.23. The maximum atomic E-state index is 10.6.